The molecule has 100 valence electrons. The van der Waals surface area contributed by atoms with Gasteiger partial charge in [-0.1, -0.05) is 13.3 Å². The minimum Gasteiger partial charge on any atom is -0.455 e. The molecular formula is C13H19NO3S. The second-order valence-electron chi connectivity index (χ2n) is 4.83. The highest BCUT2D eigenvalue weighted by atomic mass is 32.2. The van der Waals surface area contributed by atoms with E-state index in [9.17, 15) is 9.90 Å². The molecule has 2 rings (SSSR count). The van der Waals surface area contributed by atoms with Gasteiger partial charge in [-0.15, -0.1) is 0 Å². The predicted molar refractivity (Wildman–Crippen MR) is 71.7 cm³/mol. The zero-order valence-electron chi connectivity index (χ0n) is 10.8. The van der Waals surface area contributed by atoms with Crippen molar-refractivity contribution in [3.63, 3.8) is 0 Å². The summed E-state index contributed by atoms with van der Waals surface area (Å²) in [6.45, 7) is 2.86. The average molecular weight is 269 g/mol. The Kier molecular flexibility index (Phi) is 4.02. The summed E-state index contributed by atoms with van der Waals surface area (Å²) in [4.78, 5) is 13.7. The Hall–Kier alpha value is -0.940. The molecular weight excluding hydrogens is 250 g/mol. The Morgan fingerprint density at radius 1 is 1.56 bits per heavy atom. The quantitative estimate of drug-likeness (QED) is 0.889. The monoisotopic (exact) mass is 269 g/mol. The van der Waals surface area contributed by atoms with Crippen molar-refractivity contribution in [2.45, 2.75) is 31.1 Å². The van der Waals surface area contributed by atoms with Gasteiger partial charge in [-0.05, 0) is 24.8 Å². The summed E-state index contributed by atoms with van der Waals surface area (Å²) in [6, 6.07) is 3.55. The minimum atomic E-state index is -0.681. The lowest BCUT2D eigenvalue weighted by Gasteiger charge is -2.46. The summed E-state index contributed by atoms with van der Waals surface area (Å²) in [5.41, 5.74) is -0.681. The first-order valence-corrected chi connectivity index (χ1v) is 7.56. The Morgan fingerprint density at radius 2 is 2.28 bits per heavy atom. The number of aliphatic hydroxyl groups is 1. The molecule has 0 spiro atoms. The molecule has 1 aromatic rings. The number of nitrogens with zero attached hydrogens (tertiary/aromatic N) is 1. The Bertz CT molecular complexity index is 424. The zero-order chi connectivity index (χ0) is 13.2. The van der Waals surface area contributed by atoms with E-state index >= 15 is 0 Å². The highest BCUT2D eigenvalue weighted by Gasteiger charge is 2.43. The first-order valence-electron chi connectivity index (χ1n) is 6.17. The third kappa shape index (κ3) is 2.72. The van der Waals surface area contributed by atoms with Crippen molar-refractivity contribution in [3.8, 4) is 0 Å². The smallest absolute Gasteiger partial charge is 0.289 e. The molecule has 0 unspecified atom stereocenters. The average Bonchev–Trinajstić information content (AvgIpc) is 2.74. The number of hydrogen-bond acceptors (Lipinski definition) is 4. The van der Waals surface area contributed by atoms with Crippen molar-refractivity contribution in [1.82, 2.24) is 4.90 Å². The SMILES string of the molecule is CCCC1(O)CN(C(=O)c2ccc(CSC)o2)C1. The number of thioether (sulfide) groups is 1. The maximum Gasteiger partial charge on any atom is 0.289 e. The molecule has 1 saturated heterocycles. The fraction of sp³-hybridized carbons (Fsp3) is 0.615. The summed E-state index contributed by atoms with van der Waals surface area (Å²) in [6.07, 6.45) is 3.66. The molecule has 1 amide bonds. The van der Waals surface area contributed by atoms with Gasteiger partial charge in [0.15, 0.2) is 5.76 Å². The van der Waals surface area contributed by atoms with Gasteiger partial charge in [-0.3, -0.25) is 4.79 Å². The van der Waals surface area contributed by atoms with Crippen LogP contribution in [-0.4, -0.2) is 40.9 Å². The fourth-order valence-corrected chi connectivity index (χ4v) is 2.74. The van der Waals surface area contributed by atoms with Crippen molar-refractivity contribution in [2.24, 2.45) is 0 Å². The van der Waals surface area contributed by atoms with Crippen LogP contribution < -0.4 is 0 Å². The maximum absolute atomic E-state index is 12.1. The number of furan rings is 1. The third-order valence-electron chi connectivity index (χ3n) is 3.13. The Balaban J connectivity index is 1.93. The number of likely N-dealkylation sites (tertiary alicyclic amines) is 1. The van der Waals surface area contributed by atoms with Gasteiger partial charge in [0.05, 0.1) is 24.4 Å². The van der Waals surface area contributed by atoms with Crippen LogP contribution in [-0.2, 0) is 5.75 Å². The van der Waals surface area contributed by atoms with Gasteiger partial charge in [0.1, 0.15) is 5.76 Å². The number of carbonyl (C=O) groups is 1. The van der Waals surface area contributed by atoms with Gasteiger partial charge < -0.3 is 14.4 Å². The van der Waals surface area contributed by atoms with Crippen LogP contribution in [0.25, 0.3) is 0 Å². The molecule has 1 aliphatic heterocycles. The molecule has 0 saturated carbocycles. The molecule has 4 nitrogen and oxygen atoms in total. The van der Waals surface area contributed by atoms with Gasteiger partial charge in [-0.2, -0.15) is 11.8 Å². The van der Waals surface area contributed by atoms with Gasteiger partial charge >= 0.3 is 0 Å². The summed E-state index contributed by atoms with van der Waals surface area (Å²) in [5, 5.41) is 10.0. The summed E-state index contributed by atoms with van der Waals surface area (Å²) < 4.78 is 5.48. The van der Waals surface area contributed by atoms with Crippen molar-refractivity contribution in [1.29, 1.82) is 0 Å². The fourth-order valence-electron chi connectivity index (χ4n) is 2.30. The molecule has 0 bridgehead atoms. The molecule has 1 fully saturated rings. The van der Waals surface area contributed by atoms with Crippen LogP contribution in [0.15, 0.2) is 16.5 Å². The lowest BCUT2D eigenvalue weighted by molar-refractivity contribution is -0.0868. The first kappa shape index (κ1) is 13.5. The second kappa shape index (κ2) is 5.36. The van der Waals surface area contributed by atoms with Gasteiger partial charge in [-0.25, -0.2) is 0 Å². The highest BCUT2D eigenvalue weighted by molar-refractivity contribution is 7.97. The lowest BCUT2D eigenvalue weighted by atomic mass is 9.89. The molecule has 1 aliphatic rings. The summed E-state index contributed by atoms with van der Waals surface area (Å²) >= 11 is 1.66. The molecule has 0 aliphatic carbocycles. The maximum atomic E-state index is 12.1. The number of hydrogen-bond donors (Lipinski definition) is 1. The predicted octanol–water partition coefficient (Wildman–Crippen LogP) is 2.13. The molecule has 18 heavy (non-hydrogen) atoms. The van der Waals surface area contributed by atoms with Crippen molar-refractivity contribution < 1.29 is 14.3 Å². The van der Waals surface area contributed by atoms with Crippen LogP contribution in [0.2, 0.25) is 0 Å². The molecule has 0 aromatic carbocycles. The number of amides is 1. The second-order valence-corrected chi connectivity index (χ2v) is 5.70. The van der Waals surface area contributed by atoms with Crippen LogP contribution in [0.1, 0.15) is 36.1 Å². The Labute approximate surface area is 111 Å². The van der Waals surface area contributed by atoms with Gasteiger partial charge in [0.2, 0.25) is 0 Å². The van der Waals surface area contributed by atoms with Crippen LogP contribution in [0.5, 0.6) is 0 Å². The molecule has 1 N–H and O–H groups in total. The minimum absolute atomic E-state index is 0.122. The van der Waals surface area contributed by atoms with Crippen LogP contribution in [0.3, 0.4) is 0 Å². The summed E-state index contributed by atoms with van der Waals surface area (Å²) in [7, 11) is 0. The van der Waals surface area contributed by atoms with E-state index in [2.05, 4.69) is 0 Å². The normalized spacial score (nSPS) is 17.6. The molecule has 2 heterocycles. The molecule has 0 atom stereocenters. The first-order chi connectivity index (χ1) is 8.58. The van der Waals surface area contributed by atoms with E-state index in [4.69, 9.17) is 4.42 Å². The van der Waals surface area contributed by atoms with Crippen molar-refractivity contribution >= 4 is 17.7 Å². The Morgan fingerprint density at radius 3 is 2.89 bits per heavy atom. The van der Waals surface area contributed by atoms with E-state index < -0.39 is 5.60 Å². The third-order valence-corrected chi connectivity index (χ3v) is 3.71. The summed E-state index contributed by atoms with van der Waals surface area (Å²) in [5.74, 6) is 1.84. The van der Waals surface area contributed by atoms with E-state index in [1.807, 2.05) is 19.2 Å². The zero-order valence-corrected chi connectivity index (χ0v) is 11.6. The van der Waals surface area contributed by atoms with Gasteiger partial charge in [0.25, 0.3) is 5.91 Å². The number of carbonyl (C=O) groups excluding carboxylic acids is 1. The van der Waals surface area contributed by atoms with Gasteiger partial charge in [0, 0.05) is 0 Å². The standard InChI is InChI=1S/C13H19NO3S/c1-3-6-13(16)8-14(9-13)12(15)11-5-4-10(17-11)7-18-2/h4-5,16H,3,6-9H2,1-2H3. The lowest BCUT2D eigenvalue weighted by Crippen LogP contribution is -2.63. The highest BCUT2D eigenvalue weighted by Crippen LogP contribution is 2.27. The van der Waals surface area contributed by atoms with Crippen LogP contribution in [0.4, 0.5) is 0 Å². The molecule has 5 heteroatoms. The van der Waals surface area contributed by atoms with E-state index in [1.165, 1.54) is 0 Å². The van der Waals surface area contributed by atoms with E-state index in [1.54, 1.807) is 22.7 Å². The van der Waals surface area contributed by atoms with Crippen LogP contribution >= 0.6 is 11.8 Å². The number of rotatable bonds is 5. The largest absolute Gasteiger partial charge is 0.455 e. The topological polar surface area (TPSA) is 53.7 Å². The molecule has 0 radical (unpaired) electrons. The van der Waals surface area contributed by atoms with Crippen molar-refractivity contribution in [3.05, 3.63) is 23.7 Å². The van der Waals surface area contributed by atoms with Crippen molar-refractivity contribution in [2.75, 3.05) is 19.3 Å². The van der Waals surface area contributed by atoms with Crippen LogP contribution in [0, 0.1) is 0 Å². The molecule has 1 aromatic heterocycles. The van der Waals surface area contributed by atoms with E-state index in [-0.39, 0.29) is 5.91 Å². The van der Waals surface area contributed by atoms with E-state index in [0.29, 0.717) is 18.8 Å². The number of β-amino-alcohol motifs (C(OH)–C–C–N with tert-alkyl or cyclic N) is 1. The van der Waals surface area contributed by atoms with E-state index in [0.717, 1.165) is 24.4 Å².